The van der Waals surface area contributed by atoms with E-state index in [0.717, 1.165) is 16.6 Å². The molecule has 4 rings (SSSR count). The second-order valence-electron chi connectivity index (χ2n) is 9.41. The molecule has 1 fully saturated rings. The van der Waals surface area contributed by atoms with Gasteiger partial charge in [-0.25, -0.2) is 9.18 Å². The number of amides is 1. The quantitative estimate of drug-likeness (QED) is 0.592. The van der Waals surface area contributed by atoms with E-state index in [4.69, 9.17) is 4.74 Å². The van der Waals surface area contributed by atoms with Gasteiger partial charge < -0.3 is 15.0 Å². The molecule has 1 saturated heterocycles. The highest BCUT2D eigenvalue weighted by molar-refractivity contribution is 5.89. The summed E-state index contributed by atoms with van der Waals surface area (Å²) in [5, 5.41) is 2.93. The molecule has 8 nitrogen and oxygen atoms in total. The minimum Gasteiger partial charge on any atom is -0.444 e. The first-order chi connectivity index (χ1) is 15.6. The van der Waals surface area contributed by atoms with Crippen molar-refractivity contribution in [1.82, 2.24) is 20.3 Å². The van der Waals surface area contributed by atoms with E-state index in [1.54, 1.807) is 18.6 Å². The molecule has 0 saturated carbocycles. The number of anilines is 1. The summed E-state index contributed by atoms with van der Waals surface area (Å²) in [7, 11) is 0. The van der Waals surface area contributed by atoms with E-state index >= 15 is 0 Å². The smallest absolute Gasteiger partial charge is 0.408 e. The molecule has 1 aliphatic rings. The number of aromatic nitrogens is 3. The van der Waals surface area contributed by atoms with Gasteiger partial charge in [0.05, 0.1) is 29.0 Å². The summed E-state index contributed by atoms with van der Waals surface area (Å²) >= 11 is 0. The Bertz CT molecular complexity index is 1210. The van der Waals surface area contributed by atoms with Crippen LogP contribution in [-0.4, -0.2) is 51.5 Å². The number of ether oxygens (including phenoxy) is 1. The van der Waals surface area contributed by atoms with Crippen LogP contribution in [0.1, 0.15) is 39.7 Å². The van der Waals surface area contributed by atoms with Gasteiger partial charge in [0.2, 0.25) is 0 Å². The molecule has 2 aromatic heterocycles. The zero-order chi connectivity index (χ0) is 23.6. The number of hydrogen-bond donors (Lipinski definition) is 1. The fourth-order valence-corrected chi connectivity index (χ4v) is 3.83. The lowest BCUT2D eigenvalue weighted by Gasteiger charge is -2.29. The number of hydrogen-bond acceptors (Lipinski definition) is 7. The average Bonchev–Trinajstić information content (AvgIpc) is 3.11. The van der Waals surface area contributed by atoms with Gasteiger partial charge in [0.25, 0.3) is 0 Å². The summed E-state index contributed by atoms with van der Waals surface area (Å²) in [6.45, 7) is 8.34. The maximum absolute atomic E-state index is 14.9. The largest absolute Gasteiger partial charge is 0.444 e. The number of aliphatic imine (C=N–C) groups is 1. The Kier molecular flexibility index (Phi) is 5.97. The molecular weight excluding hydrogens is 423 g/mol. The summed E-state index contributed by atoms with van der Waals surface area (Å²) in [4.78, 5) is 31.2. The van der Waals surface area contributed by atoms with Crippen molar-refractivity contribution in [2.24, 2.45) is 4.99 Å². The molecule has 33 heavy (non-hydrogen) atoms. The molecule has 1 aliphatic heterocycles. The maximum atomic E-state index is 14.9. The molecular formula is C24H27FN6O2. The molecule has 1 amide bonds. The predicted molar refractivity (Wildman–Crippen MR) is 126 cm³/mol. The third-order valence-corrected chi connectivity index (χ3v) is 5.29. The Morgan fingerprint density at radius 3 is 2.76 bits per heavy atom. The van der Waals surface area contributed by atoms with E-state index in [-0.39, 0.29) is 0 Å². The monoisotopic (exact) mass is 450 g/mol. The van der Waals surface area contributed by atoms with E-state index in [0.29, 0.717) is 30.9 Å². The van der Waals surface area contributed by atoms with Gasteiger partial charge in [-0.3, -0.25) is 19.9 Å². The molecule has 1 N–H and O–H groups in total. The van der Waals surface area contributed by atoms with Crippen molar-refractivity contribution >= 4 is 34.7 Å². The lowest BCUT2D eigenvalue weighted by Crippen LogP contribution is -2.49. The number of halogens is 1. The Morgan fingerprint density at radius 1 is 1.24 bits per heavy atom. The third kappa shape index (κ3) is 5.42. The van der Waals surface area contributed by atoms with Crippen molar-refractivity contribution in [1.29, 1.82) is 0 Å². The van der Waals surface area contributed by atoms with Gasteiger partial charge >= 0.3 is 6.09 Å². The molecule has 0 bridgehead atoms. The van der Waals surface area contributed by atoms with E-state index in [9.17, 15) is 9.18 Å². The van der Waals surface area contributed by atoms with Crippen LogP contribution < -0.4 is 10.2 Å². The predicted octanol–water partition coefficient (Wildman–Crippen LogP) is 4.41. The first kappa shape index (κ1) is 22.6. The molecule has 172 valence electrons. The summed E-state index contributed by atoms with van der Waals surface area (Å²) in [6, 6.07) is 5.61. The van der Waals surface area contributed by atoms with Crippen LogP contribution in [0.15, 0.2) is 48.0 Å². The van der Waals surface area contributed by atoms with Gasteiger partial charge in [-0.15, -0.1) is 0 Å². The van der Waals surface area contributed by atoms with Crippen LogP contribution in [0.3, 0.4) is 0 Å². The van der Waals surface area contributed by atoms with Crippen LogP contribution in [0.5, 0.6) is 0 Å². The van der Waals surface area contributed by atoms with Gasteiger partial charge in [0.15, 0.2) is 5.82 Å². The maximum Gasteiger partial charge on any atom is 0.408 e. The highest BCUT2D eigenvalue weighted by Crippen LogP contribution is 2.35. The number of carbonyl (C=O) groups excluding carboxylic acids is 1. The standard InChI is InChI=1S/C24H27FN6O2/c1-23(2,3)33-22(32)30-24(4)7-10-31(15-24)21-17(25)13-26-14-20(21)29-12-16-5-6-18-19(11-16)28-9-8-27-18/h5-6,8-9,11-14H,7,10,15H2,1-4H3,(H,30,32)/t24-/m0/s1. The Labute approximate surface area is 191 Å². The molecule has 0 radical (unpaired) electrons. The van der Waals surface area contributed by atoms with Crippen LogP contribution in [0.4, 0.5) is 20.6 Å². The molecule has 3 aromatic rings. The lowest BCUT2D eigenvalue weighted by molar-refractivity contribution is 0.0473. The number of alkyl carbamates (subject to hydrolysis) is 1. The summed E-state index contributed by atoms with van der Waals surface area (Å²) in [6.07, 6.45) is 7.79. The van der Waals surface area contributed by atoms with Gasteiger partial charge in [-0.05, 0) is 51.8 Å². The van der Waals surface area contributed by atoms with Gasteiger partial charge in [-0.1, -0.05) is 6.07 Å². The molecule has 0 unspecified atom stereocenters. The van der Waals surface area contributed by atoms with Crippen LogP contribution in [0, 0.1) is 5.82 Å². The van der Waals surface area contributed by atoms with Crippen molar-refractivity contribution in [2.45, 2.75) is 45.3 Å². The Hall–Kier alpha value is -3.62. The Balaban J connectivity index is 1.54. The fourth-order valence-electron chi connectivity index (χ4n) is 3.83. The first-order valence-corrected chi connectivity index (χ1v) is 10.8. The average molecular weight is 451 g/mol. The second kappa shape index (κ2) is 8.73. The van der Waals surface area contributed by atoms with E-state index in [1.165, 1.54) is 12.4 Å². The normalized spacial score (nSPS) is 18.8. The molecule has 9 heteroatoms. The number of carbonyl (C=O) groups is 1. The first-order valence-electron chi connectivity index (χ1n) is 10.8. The third-order valence-electron chi connectivity index (χ3n) is 5.29. The number of rotatable bonds is 4. The van der Waals surface area contributed by atoms with Crippen molar-refractivity contribution in [3.63, 3.8) is 0 Å². The topological polar surface area (TPSA) is 92.6 Å². The van der Waals surface area contributed by atoms with E-state index in [2.05, 4.69) is 25.3 Å². The highest BCUT2D eigenvalue weighted by Gasteiger charge is 2.38. The van der Waals surface area contributed by atoms with Crippen LogP contribution in [0.2, 0.25) is 0 Å². The van der Waals surface area contributed by atoms with E-state index < -0.39 is 23.1 Å². The van der Waals surface area contributed by atoms with Crippen LogP contribution >= 0.6 is 0 Å². The van der Waals surface area contributed by atoms with Gasteiger partial charge in [-0.2, -0.15) is 0 Å². The van der Waals surface area contributed by atoms with Crippen molar-refractivity contribution < 1.29 is 13.9 Å². The molecule has 0 aliphatic carbocycles. The molecule has 3 heterocycles. The fraction of sp³-hybridized carbons (Fsp3) is 0.375. The summed E-state index contributed by atoms with van der Waals surface area (Å²) in [5.74, 6) is -0.462. The van der Waals surface area contributed by atoms with Crippen LogP contribution in [-0.2, 0) is 4.74 Å². The molecule has 1 aromatic carbocycles. The van der Waals surface area contributed by atoms with Crippen molar-refractivity contribution in [3.05, 3.63) is 54.4 Å². The lowest BCUT2D eigenvalue weighted by atomic mass is 10.0. The minimum atomic E-state index is -0.591. The molecule has 1 atom stereocenters. The van der Waals surface area contributed by atoms with Crippen LogP contribution in [0.25, 0.3) is 11.0 Å². The number of pyridine rings is 1. The number of benzene rings is 1. The zero-order valence-corrected chi connectivity index (χ0v) is 19.2. The number of nitrogens with one attached hydrogen (secondary N) is 1. The second-order valence-corrected chi connectivity index (χ2v) is 9.41. The molecule has 0 spiro atoms. The highest BCUT2D eigenvalue weighted by atomic mass is 19.1. The van der Waals surface area contributed by atoms with Crippen molar-refractivity contribution in [2.75, 3.05) is 18.0 Å². The summed E-state index contributed by atoms with van der Waals surface area (Å²) in [5.41, 5.74) is 1.98. The van der Waals surface area contributed by atoms with Gasteiger partial charge in [0, 0.05) is 31.7 Å². The Morgan fingerprint density at radius 2 is 2.00 bits per heavy atom. The minimum absolute atomic E-state index is 0.358. The SMILES string of the molecule is CC(C)(C)OC(=O)N[C@@]1(C)CCN(c2c(F)cncc2N=Cc2ccc3nccnc3c2)C1. The summed E-state index contributed by atoms with van der Waals surface area (Å²) < 4.78 is 20.3. The van der Waals surface area contributed by atoms with E-state index in [1.807, 2.05) is 50.8 Å². The zero-order valence-electron chi connectivity index (χ0n) is 19.2. The number of fused-ring (bicyclic) bond motifs is 1. The van der Waals surface area contributed by atoms with Crippen molar-refractivity contribution in [3.8, 4) is 0 Å². The number of nitrogens with zero attached hydrogens (tertiary/aromatic N) is 5. The van der Waals surface area contributed by atoms with Gasteiger partial charge in [0.1, 0.15) is 17.0 Å².